The minimum absolute atomic E-state index is 0.0706. The van der Waals surface area contributed by atoms with E-state index in [-0.39, 0.29) is 23.3 Å². The molecule has 2 aliphatic heterocycles. The maximum absolute atomic E-state index is 15.3. The van der Waals surface area contributed by atoms with Crippen LogP contribution < -0.4 is 9.64 Å². The number of anilines is 1. The van der Waals surface area contributed by atoms with Crippen LogP contribution in [0.2, 0.25) is 10.0 Å². The van der Waals surface area contributed by atoms with Gasteiger partial charge >= 0.3 is 6.03 Å². The van der Waals surface area contributed by atoms with Gasteiger partial charge in [-0.15, -0.1) is 0 Å². The maximum atomic E-state index is 15.3. The fraction of sp³-hybridized carbons (Fsp3) is 0.409. The van der Waals surface area contributed by atoms with Crippen molar-refractivity contribution < 1.29 is 14.3 Å². The predicted molar refractivity (Wildman–Crippen MR) is 219 cm³/mol. The zero-order chi connectivity index (χ0) is 39.0. The number of hydrogen-bond donors (Lipinski definition) is 0. The number of carbonyl (C=O) groups excluding carboxylic acids is 2. The molecule has 2 aliphatic rings. The van der Waals surface area contributed by atoms with Gasteiger partial charge in [0.05, 0.1) is 12.2 Å². The van der Waals surface area contributed by atoms with E-state index >= 15 is 4.79 Å². The Bertz CT molecular complexity index is 2020. The van der Waals surface area contributed by atoms with Crippen LogP contribution in [0.4, 0.5) is 10.5 Å². The first-order valence-corrected chi connectivity index (χ1v) is 19.5. The number of rotatable bonds is 8. The monoisotopic (exact) mass is 767 g/mol. The number of ether oxygens (including phenoxy) is 1. The van der Waals surface area contributed by atoms with Gasteiger partial charge in [-0.05, 0) is 94.0 Å². The van der Waals surface area contributed by atoms with E-state index in [0.717, 1.165) is 28.1 Å². The molecular formula is C44H51Cl2N5O3. The summed E-state index contributed by atoms with van der Waals surface area (Å²) in [5.41, 5.74) is 3.05. The molecule has 54 heavy (non-hydrogen) atoms. The number of benzene rings is 3. The number of piperidine rings is 1. The molecule has 284 valence electrons. The second kappa shape index (κ2) is 15.4. The third-order valence-corrected chi connectivity index (χ3v) is 11.8. The summed E-state index contributed by atoms with van der Waals surface area (Å²) in [5, 5.41) is 1.20. The first-order valence-electron chi connectivity index (χ1n) is 18.7. The van der Waals surface area contributed by atoms with Crippen molar-refractivity contribution in [3.8, 4) is 5.75 Å². The van der Waals surface area contributed by atoms with Gasteiger partial charge in [0, 0.05) is 65.7 Å². The Kier molecular flexibility index (Phi) is 11.2. The molecule has 0 N–H and O–H groups in total. The first kappa shape index (κ1) is 39.3. The lowest BCUT2D eigenvalue weighted by molar-refractivity contribution is -0.119. The highest BCUT2D eigenvalue weighted by Gasteiger charge is 2.60. The number of nitrogens with zero attached hydrogens (tertiary/aromatic N) is 5. The minimum Gasteiger partial charge on any atom is -0.493 e. The van der Waals surface area contributed by atoms with Crippen LogP contribution in [0.3, 0.4) is 0 Å². The highest BCUT2D eigenvalue weighted by molar-refractivity contribution is 6.30. The molecule has 4 aromatic rings. The number of aromatic nitrogens is 1. The molecule has 1 aromatic heterocycles. The Balaban J connectivity index is 1.40. The molecule has 3 heterocycles. The van der Waals surface area contributed by atoms with E-state index in [2.05, 4.69) is 34.6 Å². The van der Waals surface area contributed by atoms with E-state index < -0.39 is 11.1 Å². The van der Waals surface area contributed by atoms with Crippen LogP contribution in [0.15, 0.2) is 90.1 Å². The predicted octanol–water partition coefficient (Wildman–Crippen LogP) is 10.2. The van der Waals surface area contributed by atoms with Crippen LogP contribution in [-0.2, 0) is 21.3 Å². The van der Waals surface area contributed by atoms with Crippen molar-refractivity contribution in [2.24, 2.45) is 10.9 Å². The fourth-order valence-corrected chi connectivity index (χ4v) is 7.88. The number of halogens is 2. The highest BCUT2D eigenvalue weighted by atomic mass is 35.5. The van der Waals surface area contributed by atoms with Gasteiger partial charge < -0.3 is 14.5 Å². The summed E-state index contributed by atoms with van der Waals surface area (Å²) >= 11 is 12.9. The quantitative estimate of drug-likeness (QED) is 0.179. The molecule has 1 fully saturated rings. The molecule has 2 atom stereocenters. The summed E-state index contributed by atoms with van der Waals surface area (Å²) in [6.45, 7) is 15.9. The maximum Gasteiger partial charge on any atom is 0.326 e. The van der Waals surface area contributed by atoms with Crippen molar-refractivity contribution in [1.29, 1.82) is 0 Å². The van der Waals surface area contributed by atoms with E-state index in [1.54, 1.807) is 11.1 Å². The summed E-state index contributed by atoms with van der Waals surface area (Å²) in [6, 6.07) is 25.1. The van der Waals surface area contributed by atoms with Gasteiger partial charge in [0.15, 0.2) is 0 Å². The van der Waals surface area contributed by atoms with Crippen molar-refractivity contribution in [2.45, 2.75) is 84.2 Å². The normalized spacial score (nSPS) is 20.5. The molecule has 1 saturated heterocycles. The highest BCUT2D eigenvalue weighted by Crippen LogP contribution is 2.54. The molecule has 0 spiro atoms. The summed E-state index contributed by atoms with van der Waals surface area (Å²) in [4.78, 5) is 44.6. The zero-order valence-corrected chi connectivity index (χ0v) is 34.1. The molecule has 8 nitrogen and oxygen atoms in total. The van der Waals surface area contributed by atoms with Crippen molar-refractivity contribution in [3.05, 3.63) is 123 Å². The second-order valence-electron chi connectivity index (χ2n) is 15.9. The molecular weight excluding hydrogens is 717 g/mol. The summed E-state index contributed by atoms with van der Waals surface area (Å²) in [5.74, 6) is 1.31. The number of carbonyl (C=O) groups is 2. The number of amidine groups is 1. The van der Waals surface area contributed by atoms with Gasteiger partial charge in [-0.2, -0.15) is 0 Å². The molecule has 0 radical (unpaired) electrons. The van der Waals surface area contributed by atoms with E-state index in [1.807, 2.05) is 110 Å². The summed E-state index contributed by atoms with van der Waals surface area (Å²) < 4.78 is 6.30. The molecule has 3 amide bonds. The number of hydrogen-bond acceptors (Lipinski definition) is 5. The first-order chi connectivity index (χ1) is 25.6. The number of urea groups is 1. The Hall–Kier alpha value is -4.40. The van der Waals surface area contributed by atoms with E-state index in [0.29, 0.717) is 66.2 Å². The third kappa shape index (κ3) is 7.47. The number of pyridine rings is 1. The molecule has 0 unspecified atom stereocenters. The van der Waals surface area contributed by atoms with Gasteiger partial charge in [0.25, 0.3) is 0 Å². The van der Waals surface area contributed by atoms with Gasteiger partial charge in [-0.25, -0.2) is 4.79 Å². The molecule has 3 aromatic carbocycles. The SMILES string of the molecule is CCOc1cc(C(C)(C)C)ncc1C1=N[C@@](C)(c2ccc(Cl)cc2)[C@@](C)(c2ccc(Cl)cc2)N1C(=O)N1CCC(CC(=O)N(C)c2ccc(C)cc2)CC1. The number of aliphatic imine (C=N–C) groups is 1. The third-order valence-electron chi connectivity index (χ3n) is 11.3. The second-order valence-corrected chi connectivity index (χ2v) is 16.8. The topological polar surface area (TPSA) is 78.3 Å². The van der Waals surface area contributed by atoms with Gasteiger partial charge in [0.1, 0.15) is 22.7 Å². The van der Waals surface area contributed by atoms with E-state index in [1.165, 1.54) is 0 Å². The summed E-state index contributed by atoms with van der Waals surface area (Å²) in [6.07, 6.45) is 3.63. The standard InChI is InChI=1S/C44H51Cl2N5O3/c1-9-54-37-27-38(42(3,4)5)47-28-36(37)40-48-43(6,31-12-16-33(45)17-13-31)44(7,32-14-18-34(46)19-15-32)51(40)41(53)50-24-22-30(23-25-50)26-39(52)49(8)35-20-10-29(2)11-21-35/h10-21,27-28,30H,9,22-26H2,1-8H3/t43-,44+/m0/s1. The van der Waals surface area contributed by atoms with Crippen LogP contribution in [-0.4, -0.2) is 59.3 Å². The average Bonchev–Trinajstić information content (AvgIpc) is 3.39. The van der Waals surface area contributed by atoms with Crippen LogP contribution in [0.5, 0.6) is 5.75 Å². The van der Waals surface area contributed by atoms with Gasteiger partial charge in [0.2, 0.25) is 5.91 Å². The molecule has 0 aliphatic carbocycles. The van der Waals surface area contributed by atoms with Gasteiger partial charge in [-0.3, -0.25) is 19.7 Å². The van der Waals surface area contributed by atoms with Crippen LogP contribution in [0.25, 0.3) is 0 Å². The fourth-order valence-electron chi connectivity index (χ4n) is 7.62. The lowest BCUT2D eigenvalue weighted by Crippen LogP contribution is -2.59. The van der Waals surface area contributed by atoms with E-state index in [9.17, 15) is 4.79 Å². The van der Waals surface area contributed by atoms with Crippen molar-refractivity contribution in [1.82, 2.24) is 14.8 Å². The Morgan fingerprint density at radius 2 is 1.48 bits per heavy atom. The smallest absolute Gasteiger partial charge is 0.326 e. The Morgan fingerprint density at radius 1 is 0.907 bits per heavy atom. The zero-order valence-electron chi connectivity index (χ0n) is 32.6. The largest absolute Gasteiger partial charge is 0.493 e. The Labute approximate surface area is 330 Å². The van der Waals surface area contributed by atoms with Crippen LogP contribution >= 0.6 is 23.2 Å². The van der Waals surface area contributed by atoms with Crippen molar-refractivity contribution in [2.75, 3.05) is 31.6 Å². The summed E-state index contributed by atoms with van der Waals surface area (Å²) in [7, 11) is 1.83. The van der Waals surface area contributed by atoms with Crippen LogP contribution in [0, 0.1) is 12.8 Å². The Morgan fingerprint density at radius 3 is 2.04 bits per heavy atom. The molecule has 6 rings (SSSR count). The lowest BCUT2D eigenvalue weighted by atomic mass is 9.71. The number of likely N-dealkylation sites (tertiary alicyclic amines) is 1. The number of amides is 3. The lowest BCUT2D eigenvalue weighted by Gasteiger charge is -2.47. The van der Waals surface area contributed by atoms with E-state index in [4.69, 9.17) is 37.9 Å². The minimum atomic E-state index is -1.03. The average molecular weight is 769 g/mol. The number of aryl methyl sites for hydroxylation is 1. The van der Waals surface area contributed by atoms with Crippen molar-refractivity contribution in [3.63, 3.8) is 0 Å². The molecule has 0 saturated carbocycles. The molecule has 10 heteroatoms. The van der Waals surface area contributed by atoms with Crippen LogP contribution in [0.1, 0.15) is 88.8 Å². The van der Waals surface area contributed by atoms with Gasteiger partial charge in [-0.1, -0.05) is 85.9 Å². The molecule has 0 bridgehead atoms. The van der Waals surface area contributed by atoms with Crippen molar-refractivity contribution >= 4 is 46.7 Å².